The number of hydrogen-bond acceptors (Lipinski definition) is 7. The van der Waals surface area contributed by atoms with Crippen LogP contribution in [-0.2, 0) is 11.4 Å². The largest absolute Gasteiger partial charge is 0.490 e. The lowest BCUT2D eigenvalue weighted by atomic mass is 9.76. The molecule has 3 N–H and O–H groups in total. The minimum atomic E-state index is -0.990. The first-order chi connectivity index (χ1) is 17.3. The van der Waals surface area contributed by atoms with Crippen LogP contribution in [0.15, 0.2) is 63.5 Å². The second-order valence-electron chi connectivity index (χ2n) is 8.58. The second kappa shape index (κ2) is 10.5. The zero-order valence-corrected chi connectivity index (χ0v) is 21.6. The molecule has 0 saturated carbocycles. The van der Waals surface area contributed by atoms with E-state index in [1.165, 1.54) is 12.1 Å². The normalized spacial score (nSPS) is 17.6. The summed E-state index contributed by atoms with van der Waals surface area (Å²) in [6.45, 7) is 2.44. The number of carbonyl (C=O) groups is 2. The number of nitriles is 1. The molecule has 0 unspecified atom stereocenters. The van der Waals surface area contributed by atoms with Crippen LogP contribution in [0.4, 0.5) is 0 Å². The van der Waals surface area contributed by atoms with E-state index in [0.717, 1.165) is 17.7 Å². The van der Waals surface area contributed by atoms with Crippen molar-refractivity contribution in [2.75, 3.05) is 13.7 Å². The van der Waals surface area contributed by atoms with Gasteiger partial charge in [0.2, 0.25) is 0 Å². The van der Waals surface area contributed by atoms with Crippen molar-refractivity contribution in [1.82, 2.24) is 4.90 Å². The molecule has 0 saturated heterocycles. The summed E-state index contributed by atoms with van der Waals surface area (Å²) in [7, 11) is 1.79. The van der Waals surface area contributed by atoms with E-state index in [4.69, 9.17) is 20.3 Å². The number of hydrogen-bond donors (Lipinski definition) is 2. The van der Waals surface area contributed by atoms with Crippen LogP contribution in [0.5, 0.6) is 11.5 Å². The third-order valence-electron chi connectivity index (χ3n) is 6.44. The number of rotatable bonds is 7. The molecule has 8 nitrogen and oxygen atoms in total. The van der Waals surface area contributed by atoms with E-state index in [1.807, 2.05) is 6.92 Å². The molecular weight excluding hydrogens is 526 g/mol. The predicted octanol–water partition coefficient (Wildman–Crippen LogP) is 4.85. The van der Waals surface area contributed by atoms with Crippen molar-refractivity contribution in [3.63, 3.8) is 0 Å². The number of ether oxygens (including phenoxy) is 2. The number of Topliss-reactive ketones (excluding diaryl/α,β-unsaturated/α-hetero) is 1. The molecule has 36 heavy (non-hydrogen) atoms. The molecule has 0 bridgehead atoms. The van der Waals surface area contributed by atoms with Gasteiger partial charge in [-0.2, -0.15) is 5.26 Å². The number of allylic oxidation sites excluding steroid dienone is 3. The van der Waals surface area contributed by atoms with Crippen molar-refractivity contribution >= 4 is 27.7 Å². The Morgan fingerprint density at radius 3 is 2.56 bits per heavy atom. The van der Waals surface area contributed by atoms with E-state index in [2.05, 4.69) is 22.0 Å². The average Bonchev–Trinajstić information content (AvgIpc) is 2.86. The van der Waals surface area contributed by atoms with Crippen LogP contribution < -0.4 is 15.2 Å². The van der Waals surface area contributed by atoms with Crippen molar-refractivity contribution in [1.29, 1.82) is 5.26 Å². The summed E-state index contributed by atoms with van der Waals surface area (Å²) in [5.74, 6) is -0.300. The number of carboxylic acid groups (broad SMARTS) is 1. The minimum Gasteiger partial charge on any atom is -0.490 e. The third kappa shape index (κ3) is 4.69. The highest BCUT2D eigenvalue weighted by Crippen LogP contribution is 2.48. The molecule has 1 aliphatic heterocycles. The van der Waals surface area contributed by atoms with Crippen molar-refractivity contribution < 1.29 is 24.2 Å². The zero-order valence-electron chi connectivity index (χ0n) is 20.0. The molecule has 2 aliphatic rings. The van der Waals surface area contributed by atoms with Gasteiger partial charge in [-0.3, -0.25) is 4.79 Å². The Kier molecular flexibility index (Phi) is 7.36. The summed E-state index contributed by atoms with van der Waals surface area (Å²) >= 11 is 3.63. The monoisotopic (exact) mass is 551 g/mol. The van der Waals surface area contributed by atoms with Crippen molar-refractivity contribution in [2.45, 2.75) is 38.7 Å². The molecule has 0 spiro atoms. The van der Waals surface area contributed by atoms with Crippen LogP contribution in [0, 0.1) is 11.3 Å². The Balaban J connectivity index is 1.73. The number of aromatic carboxylic acids is 1. The van der Waals surface area contributed by atoms with Crippen molar-refractivity contribution in [3.8, 4) is 17.6 Å². The first-order valence-electron chi connectivity index (χ1n) is 11.6. The average molecular weight is 552 g/mol. The van der Waals surface area contributed by atoms with Gasteiger partial charge in [0.1, 0.15) is 12.4 Å². The van der Waals surface area contributed by atoms with Crippen LogP contribution in [-0.4, -0.2) is 35.4 Å². The standard InChI is InChI=1S/C27H26BrN3O5/c1-3-35-22-11-17(19(28)12-23(22)36-14-15-7-9-16(10-8-15)27(33)34)24-18(13-29)26(30)31(2)20-5-4-6-21(32)25(20)24/h7-12,24H,3-6,14,30H2,1-2H3,(H,33,34)/t24-/m0/s1. The Bertz CT molecular complexity index is 1320. The number of carboxylic acids is 1. The van der Waals surface area contributed by atoms with Gasteiger partial charge in [-0.1, -0.05) is 28.1 Å². The lowest BCUT2D eigenvalue weighted by Crippen LogP contribution is -2.36. The van der Waals surface area contributed by atoms with Gasteiger partial charge in [-0.05, 0) is 55.2 Å². The van der Waals surface area contributed by atoms with E-state index in [0.29, 0.717) is 58.0 Å². The molecule has 0 radical (unpaired) electrons. The summed E-state index contributed by atoms with van der Waals surface area (Å²) in [5, 5.41) is 19.1. The lowest BCUT2D eigenvalue weighted by molar-refractivity contribution is -0.116. The van der Waals surface area contributed by atoms with Crippen LogP contribution in [0.1, 0.15) is 53.6 Å². The van der Waals surface area contributed by atoms with Crippen LogP contribution in [0.2, 0.25) is 0 Å². The highest BCUT2D eigenvalue weighted by atomic mass is 79.9. The van der Waals surface area contributed by atoms with Gasteiger partial charge in [0.15, 0.2) is 17.3 Å². The number of halogens is 1. The molecule has 4 rings (SSSR count). The smallest absolute Gasteiger partial charge is 0.335 e. The van der Waals surface area contributed by atoms with Gasteiger partial charge in [0, 0.05) is 29.2 Å². The quantitative estimate of drug-likeness (QED) is 0.499. The maximum atomic E-state index is 13.1. The van der Waals surface area contributed by atoms with E-state index in [-0.39, 0.29) is 18.0 Å². The molecule has 0 amide bonds. The first kappa shape index (κ1) is 25.3. The molecular formula is C27H26BrN3O5. The van der Waals surface area contributed by atoms with E-state index < -0.39 is 11.9 Å². The zero-order chi connectivity index (χ0) is 26.0. The minimum absolute atomic E-state index is 0.0170. The van der Waals surface area contributed by atoms with Crippen LogP contribution in [0.25, 0.3) is 0 Å². The molecule has 2 aromatic rings. The molecule has 1 aliphatic carbocycles. The van der Waals surface area contributed by atoms with Crippen molar-refractivity contribution in [3.05, 3.63) is 80.2 Å². The van der Waals surface area contributed by atoms with Gasteiger partial charge < -0.3 is 25.2 Å². The van der Waals surface area contributed by atoms with Crippen LogP contribution >= 0.6 is 15.9 Å². The topological polar surface area (TPSA) is 126 Å². The van der Waals surface area contributed by atoms with E-state index in [9.17, 15) is 14.9 Å². The Morgan fingerprint density at radius 1 is 1.22 bits per heavy atom. The number of ketones is 1. The number of nitrogens with two attached hydrogens (primary N) is 1. The number of carbonyl (C=O) groups excluding carboxylic acids is 1. The molecule has 2 aromatic carbocycles. The maximum absolute atomic E-state index is 13.1. The number of nitrogens with zero attached hydrogens (tertiary/aromatic N) is 2. The summed E-state index contributed by atoms with van der Waals surface area (Å²) in [4.78, 5) is 25.9. The van der Waals surface area contributed by atoms with Crippen LogP contribution in [0.3, 0.4) is 0 Å². The Morgan fingerprint density at radius 2 is 1.92 bits per heavy atom. The molecule has 186 valence electrons. The van der Waals surface area contributed by atoms with Gasteiger partial charge in [-0.15, -0.1) is 0 Å². The lowest BCUT2D eigenvalue weighted by Gasteiger charge is -2.38. The summed E-state index contributed by atoms with van der Waals surface area (Å²) in [5.41, 5.74) is 9.83. The third-order valence-corrected chi connectivity index (χ3v) is 7.12. The summed E-state index contributed by atoms with van der Waals surface area (Å²) < 4.78 is 12.6. The molecule has 1 heterocycles. The number of benzene rings is 2. The molecule has 0 aromatic heterocycles. The second-order valence-corrected chi connectivity index (χ2v) is 9.44. The van der Waals surface area contributed by atoms with Gasteiger partial charge in [0.25, 0.3) is 0 Å². The fourth-order valence-electron chi connectivity index (χ4n) is 4.63. The summed E-state index contributed by atoms with van der Waals surface area (Å²) in [6.07, 6.45) is 1.89. The molecule has 9 heteroatoms. The Labute approximate surface area is 217 Å². The van der Waals surface area contributed by atoms with E-state index >= 15 is 0 Å². The summed E-state index contributed by atoms with van der Waals surface area (Å²) in [6, 6.07) is 12.2. The SMILES string of the molecule is CCOc1cc([C@H]2C(C#N)=C(N)N(C)C3=C2C(=O)CCC3)c(Br)cc1OCc1ccc(C(=O)O)cc1. The molecule has 0 fully saturated rings. The highest BCUT2D eigenvalue weighted by molar-refractivity contribution is 9.10. The fraction of sp³-hybridized carbons (Fsp3) is 0.296. The van der Waals surface area contributed by atoms with Gasteiger partial charge in [-0.25, -0.2) is 4.79 Å². The van der Waals surface area contributed by atoms with Crippen molar-refractivity contribution in [2.24, 2.45) is 5.73 Å². The highest BCUT2D eigenvalue weighted by Gasteiger charge is 2.39. The predicted molar refractivity (Wildman–Crippen MR) is 136 cm³/mol. The van der Waals surface area contributed by atoms with Gasteiger partial charge in [0.05, 0.1) is 29.7 Å². The van der Waals surface area contributed by atoms with Gasteiger partial charge >= 0.3 is 5.97 Å². The Hall–Kier alpha value is -3.77. The maximum Gasteiger partial charge on any atom is 0.335 e. The first-order valence-corrected chi connectivity index (χ1v) is 12.4. The van der Waals surface area contributed by atoms with E-state index in [1.54, 1.807) is 36.2 Å². The fourth-order valence-corrected chi connectivity index (χ4v) is 5.18. The molecule has 1 atom stereocenters.